The number of hydrogen-bond donors (Lipinski definition) is 2. The zero-order valence-corrected chi connectivity index (χ0v) is 20.5. The Morgan fingerprint density at radius 3 is 1.94 bits per heavy atom. The third-order valence-electron chi connectivity index (χ3n) is 5.32. The van der Waals surface area contributed by atoms with Crippen LogP contribution in [0.4, 0.5) is 0 Å². The third-order valence-corrected chi connectivity index (χ3v) is 5.32. The molecule has 0 radical (unpaired) electrons. The molecule has 180 valence electrons. The van der Waals surface area contributed by atoms with Crippen LogP contribution in [0.1, 0.15) is 31.8 Å². The molecule has 2 N–H and O–H groups in total. The molecule has 0 aliphatic heterocycles. The van der Waals surface area contributed by atoms with Crippen LogP contribution in [0.15, 0.2) is 33.5 Å². The number of carboxylic acids is 2. The lowest BCUT2D eigenvalue weighted by atomic mass is 9.90. The third kappa shape index (κ3) is 6.03. The summed E-state index contributed by atoms with van der Waals surface area (Å²) >= 11 is 0. The van der Waals surface area contributed by atoms with E-state index in [2.05, 4.69) is 0 Å². The van der Waals surface area contributed by atoms with Crippen LogP contribution >= 0.6 is 24.8 Å². The lowest BCUT2D eigenvalue weighted by Crippen LogP contribution is -2.21. The summed E-state index contributed by atoms with van der Waals surface area (Å²) in [6.07, 6.45) is 1.07. The fourth-order valence-corrected chi connectivity index (χ4v) is 3.77. The van der Waals surface area contributed by atoms with Crippen molar-refractivity contribution in [2.24, 2.45) is 0 Å². The van der Waals surface area contributed by atoms with Crippen LogP contribution < -0.4 is 5.63 Å². The highest BCUT2D eigenvalue weighted by Gasteiger charge is 2.22. The first-order chi connectivity index (χ1) is 14.6. The van der Waals surface area contributed by atoms with E-state index in [-0.39, 0.29) is 46.9 Å². The molecule has 0 spiro atoms. The van der Waals surface area contributed by atoms with E-state index in [1.54, 1.807) is 6.07 Å². The Balaban J connectivity index is 0.00000272. The largest absolute Gasteiger partial charge is 0.478 e. The van der Waals surface area contributed by atoms with Gasteiger partial charge in [0.2, 0.25) is 0 Å². The van der Waals surface area contributed by atoms with Crippen LogP contribution in [-0.4, -0.2) is 73.2 Å². The summed E-state index contributed by atoms with van der Waals surface area (Å²) in [6, 6.07) is 5.77. The molecule has 0 aliphatic carbocycles. The molecule has 0 bridgehead atoms. The van der Waals surface area contributed by atoms with E-state index in [0.29, 0.717) is 42.3 Å². The van der Waals surface area contributed by atoms with E-state index in [9.17, 15) is 24.6 Å². The first-order valence-electron chi connectivity index (χ1n) is 9.91. The summed E-state index contributed by atoms with van der Waals surface area (Å²) in [7, 11) is 7.70. The van der Waals surface area contributed by atoms with E-state index < -0.39 is 17.6 Å². The van der Waals surface area contributed by atoms with Gasteiger partial charge in [0.15, 0.2) is 0 Å². The molecular weight excluding hydrogens is 471 g/mol. The Labute approximate surface area is 203 Å². The molecule has 0 atom stereocenters. The van der Waals surface area contributed by atoms with Crippen LogP contribution in [0.25, 0.3) is 21.7 Å². The van der Waals surface area contributed by atoms with Crippen molar-refractivity contribution in [2.45, 2.75) is 12.8 Å². The van der Waals surface area contributed by atoms with Gasteiger partial charge in [0, 0.05) is 23.9 Å². The predicted molar refractivity (Wildman–Crippen MR) is 133 cm³/mol. The number of carboxylic acid groups (broad SMARTS) is 2. The number of fused-ring (bicyclic) bond motifs is 3. The quantitative estimate of drug-likeness (QED) is 0.359. The van der Waals surface area contributed by atoms with Crippen molar-refractivity contribution in [1.29, 1.82) is 0 Å². The van der Waals surface area contributed by atoms with Crippen molar-refractivity contribution < 1.29 is 24.2 Å². The lowest BCUT2D eigenvalue weighted by molar-refractivity contribution is 0.0685. The maximum Gasteiger partial charge on any atom is 0.344 e. The van der Waals surface area contributed by atoms with Crippen molar-refractivity contribution in [3.05, 3.63) is 56.9 Å². The summed E-state index contributed by atoms with van der Waals surface area (Å²) in [5, 5.41) is 20.6. The van der Waals surface area contributed by atoms with Gasteiger partial charge in [-0.05, 0) is 70.4 Å². The molecule has 0 saturated carbocycles. The normalized spacial score (nSPS) is 11.0. The molecule has 0 fully saturated rings. The minimum atomic E-state index is -1.14. The second kappa shape index (κ2) is 11.5. The molecule has 0 aliphatic rings. The van der Waals surface area contributed by atoms with Gasteiger partial charge >= 0.3 is 17.6 Å². The molecule has 0 saturated heterocycles. The topological polar surface area (TPSA) is 111 Å². The molecule has 0 unspecified atom stereocenters. The Kier molecular flexibility index (Phi) is 9.87. The fraction of sp³-hybridized carbons (Fsp3) is 0.348. The van der Waals surface area contributed by atoms with E-state index in [4.69, 9.17) is 4.42 Å². The Morgan fingerprint density at radius 1 is 0.848 bits per heavy atom. The van der Waals surface area contributed by atoms with Gasteiger partial charge in [-0.3, -0.25) is 0 Å². The van der Waals surface area contributed by atoms with Gasteiger partial charge in [-0.25, -0.2) is 14.4 Å². The highest BCUT2D eigenvalue weighted by molar-refractivity contribution is 6.10. The number of nitrogens with zero attached hydrogens (tertiary/aromatic N) is 2. The summed E-state index contributed by atoms with van der Waals surface area (Å²) in [5.41, 5.74) is 1.12. The average Bonchev–Trinajstić information content (AvgIpc) is 2.69. The van der Waals surface area contributed by atoms with Crippen molar-refractivity contribution in [3.63, 3.8) is 0 Å². The monoisotopic (exact) mass is 498 g/mol. The van der Waals surface area contributed by atoms with Gasteiger partial charge in [-0.15, -0.1) is 24.8 Å². The lowest BCUT2D eigenvalue weighted by Gasteiger charge is -2.20. The maximum atomic E-state index is 12.6. The van der Waals surface area contributed by atoms with Crippen LogP contribution in [-0.2, 0) is 12.8 Å². The smallest absolute Gasteiger partial charge is 0.344 e. The number of aromatic carboxylic acids is 2. The zero-order chi connectivity index (χ0) is 22.9. The number of rotatable bonds is 8. The molecule has 10 heteroatoms. The van der Waals surface area contributed by atoms with Crippen LogP contribution in [0, 0.1) is 0 Å². The minimum Gasteiger partial charge on any atom is -0.478 e. The van der Waals surface area contributed by atoms with Crippen molar-refractivity contribution in [3.8, 4) is 0 Å². The van der Waals surface area contributed by atoms with E-state index in [0.717, 1.165) is 5.56 Å². The SMILES string of the molecule is CN(C)CCc1c(C(=O)O)cc2oc(=O)c3cc(C(=O)O)ccc3c2c1CCN(C)C.Cl.Cl. The molecule has 8 nitrogen and oxygen atoms in total. The van der Waals surface area contributed by atoms with Gasteiger partial charge in [0.05, 0.1) is 16.5 Å². The molecule has 3 rings (SSSR count). The van der Waals surface area contributed by atoms with Crippen molar-refractivity contribution >= 4 is 58.5 Å². The molecular formula is C23H28Cl2N2O6. The molecule has 33 heavy (non-hydrogen) atoms. The molecule has 1 heterocycles. The highest BCUT2D eigenvalue weighted by atomic mass is 35.5. The van der Waals surface area contributed by atoms with Gasteiger partial charge in [-0.1, -0.05) is 6.07 Å². The summed E-state index contributed by atoms with van der Waals surface area (Å²) in [5.74, 6) is -2.21. The van der Waals surface area contributed by atoms with E-state index in [1.807, 2.05) is 38.0 Å². The Hall–Kier alpha value is -2.65. The number of benzene rings is 2. The van der Waals surface area contributed by atoms with Crippen LogP contribution in [0.2, 0.25) is 0 Å². The second-order valence-electron chi connectivity index (χ2n) is 8.12. The molecule has 1 aromatic heterocycles. The van der Waals surface area contributed by atoms with E-state index in [1.165, 1.54) is 18.2 Å². The average molecular weight is 499 g/mol. The van der Waals surface area contributed by atoms with Crippen LogP contribution in [0.3, 0.4) is 0 Å². The van der Waals surface area contributed by atoms with Crippen molar-refractivity contribution in [1.82, 2.24) is 9.80 Å². The first-order valence-corrected chi connectivity index (χ1v) is 9.91. The number of carbonyl (C=O) groups is 2. The predicted octanol–water partition coefficient (Wildman–Crippen LogP) is 3.39. The maximum absolute atomic E-state index is 12.6. The number of likely N-dealkylation sites (N-methyl/N-ethyl adjacent to an activating group) is 2. The molecule has 3 aromatic rings. The van der Waals surface area contributed by atoms with Crippen LogP contribution in [0.5, 0.6) is 0 Å². The van der Waals surface area contributed by atoms with Gasteiger partial charge in [0.1, 0.15) is 5.58 Å². The summed E-state index contributed by atoms with van der Waals surface area (Å²) in [4.78, 5) is 40.0. The second-order valence-corrected chi connectivity index (χ2v) is 8.12. The summed E-state index contributed by atoms with van der Waals surface area (Å²) in [6.45, 7) is 1.32. The highest BCUT2D eigenvalue weighted by Crippen LogP contribution is 2.32. The molecule has 0 amide bonds. The molecule has 2 aromatic carbocycles. The number of halogens is 2. The minimum absolute atomic E-state index is 0. The standard InChI is InChI=1S/C23H26N2O6.2ClH/c1-24(2)9-7-14-16(8-10-25(3)4)20-15-6-5-13(21(26)27)11-18(15)23(30)31-19(20)12-17(14)22(28)29;;/h5-6,11-12H,7-10H2,1-4H3,(H,26,27)(H,28,29);2*1H. The zero-order valence-electron chi connectivity index (χ0n) is 18.9. The fourth-order valence-electron chi connectivity index (χ4n) is 3.77. The van der Waals surface area contributed by atoms with Gasteiger partial charge in [-0.2, -0.15) is 0 Å². The summed E-state index contributed by atoms with van der Waals surface area (Å²) < 4.78 is 5.49. The first kappa shape index (κ1) is 28.4. The number of hydrogen-bond acceptors (Lipinski definition) is 6. The Morgan fingerprint density at radius 2 is 1.42 bits per heavy atom. The van der Waals surface area contributed by atoms with E-state index >= 15 is 0 Å². The van der Waals surface area contributed by atoms with Gasteiger partial charge < -0.3 is 24.4 Å². The van der Waals surface area contributed by atoms with Gasteiger partial charge in [0.25, 0.3) is 0 Å². The van der Waals surface area contributed by atoms with Crippen molar-refractivity contribution in [2.75, 3.05) is 41.3 Å². The Bertz CT molecular complexity index is 1240.